The minimum Gasteiger partial charge on any atom is -0.457 e. The Morgan fingerprint density at radius 3 is 1.09 bits per heavy atom. The monoisotopic (exact) mass is 592 g/mol. The van der Waals surface area contributed by atoms with Crippen molar-refractivity contribution in [2.75, 3.05) is 60.9 Å². The third-order valence-electron chi connectivity index (χ3n) is 5.93. The van der Waals surface area contributed by atoms with Crippen molar-refractivity contribution in [3.8, 4) is 23.0 Å². The highest BCUT2D eigenvalue weighted by atomic mass is 16.6. The highest BCUT2D eigenvalue weighted by molar-refractivity contribution is 5.70. The van der Waals surface area contributed by atoms with E-state index in [-0.39, 0.29) is 18.8 Å². The molecule has 0 bridgehead atoms. The summed E-state index contributed by atoms with van der Waals surface area (Å²) < 4.78 is 11.4. The van der Waals surface area contributed by atoms with Crippen LogP contribution in [-0.2, 0) is 0 Å². The van der Waals surface area contributed by atoms with Crippen molar-refractivity contribution < 1.29 is 19.3 Å². The molecule has 0 atom stereocenters. The molecule has 0 aliphatic carbocycles. The van der Waals surface area contributed by atoms with Crippen LogP contribution in [0.3, 0.4) is 0 Å². The molecular weight excluding hydrogens is 556 g/mol. The summed E-state index contributed by atoms with van der Waals surface area (Å²) in [4.78, 5) is 20.8. The maximum absolute atomic E-state index is 10.9. The SMILES string of the molecule is C.CNc1cc(Oc2ccc(N)c(NC)c2)ccc1N.CNc1cc(Oc2ccc([N+](=O)[O-])c(NC)c2)ccc1[N+](=O)[O-]. The van der Waals surface area contributed by atoms with E-state index in [1.165, 1.54) is 36.4 Å². The van der Waals surface area contributed by atoms with Crippen LogP contribution in [0.5, 0.6) is 23.0 Å². The van der Waals surface area contributed by atoms with Crippen molar-refractivity contribution in [2.24, 2.45) is 0 Å². The van der Waals surface area contributed by atoms with E-state index < -0.39 is 9.85 Å². The Hall–Kier alpha value is -5.92. The Morgan fingerprint density at radius 1 is 0.535 bits per heavy atom. The van der Waals surface area contributed by atoms with Crippen molar-refractivity contribution in [1.82, 2.24) is 0 Å². The van der Waals surface area contributed by atoms with Crippen molar-refractivity contribution >= 4 is 45.5 Å². The number of rotatable bonds is 10. The van der Waals surface area contributed by atoms with E-state index in [1.54, 1.807) is 26.2 Å². The van der Waals surface area contributed by atoms with Crippen LogP contribution in [0, 0.1) is 20.2 Å². The lowest BCUT2D eigenvalue weighted by atomic mass is 10.2. The van der Waals surface area contributed by atoms with Crippen molar-refractivity contribution in [3.05, 3.63) is 93.0 Å². The van der Waals surface area contributed by atoms with Crippen LogP contribution in [0.2, 0.25) is 0 Å². The highest BCUT2D eigenvalue weighted by Gasteiger charge is 2.16. The fourth-order valence-corrected chi connectivity index (χ4v) is 3.78. The Kier molecular flexibility index (Phi) is 11.8. The van der Waals surface area contributed by atoms with E-state index in [1.807, 2.05) is 38.4 Å². The van der Waals surface area contributed by atoms with Gasteiger partial charge in [-0.25, -0.2) is 0 Å². The van der Waals surface area contributed by atoms with Gasteiger partial charge in [-0.1, -0.05) is 7.43 Å². The van der Waals surface area contributed by atoms with E-state index >= 15 is 0 Å². The van der Waals surface area contributed by atoms with Crippen LogP contribution < -0.4 is 42.2 Å². The standard InChI is InChI=1S/C14H14N4O5.C14H18N4O.CH4/c1-15-11-7-9(3-5-13(11)17(19)20)23-10-4-6-14(18(21)22)12(8-10)16-2;1-17-13-7-9(3-5-11(13)15)19-10-4-6-12(16)14(8-10)18-2;/h3-8,15-16H,1-2H3;3-8,17-18H,15-16H2,1-2H3;1H4. The Morgan fingerprint density at radius 2 is 0.814 bits per heavy atom. The first kappa shape index (κ1) is 33.3. The second-order valence-electron chi connectivity index (χ2n) is 8.57. The molecule has 0 fully saturated rings. The normalized spacial score (nSPS) is 9.77. The van der Waals surface area contributed by atoms with Gasteiger partial charge in [0.1, 0.15) is 34.4 Å². The molecule has 43 heavy (non-hydrogen) atoms. The fraction of sp³-hybridized carbons (Fsp3) is 0.172. The fourth-order valence-electron chi connectivity index (χ4n) is 3.78. The molecule has 0 radical (unpaired) electrons. The summed E-state index contributed by atoms with van der Waals surface area (Å²) in [6.07, 6.45) is 0. The third kappa shape index (κ3) is 8.53. The number of nitro groups is 2. The molecule has 0 saturated heterocycles. The summed E-state index contributed by atoms with van der Waals surface area (Å²) in [7, 11) is 6.77. The number of anilines is 6. The molecule has 14 nitrogen and oxygen atoms in total. The van der Waals surface area contributed by atoms with Crippen LogP contribution in [0.15, 0.2) is 72.8 Å². The van der Waals surface area contributed by atoms with Gasteiger partial charge in [0.15, 0.2) is 0 Å². The maximum atomic E-state index is 10.9. The number of nitrogens with two attached hydrogens (primary N) is 2. The summed E-state index contributed by atoms with van der Waals surface area (Å²) in [5.41, 5.74) is 15.1. The van der Waals surface area contributed by atoms with Gasteiger partial charge in [-0.15, -0.1) is 0 Å². The largest absolute Gasteiger partial charge is 0.457 e. The Balaban J connectivity index is 0.000000298. The Bertz CT molecular complexity index is 1470. The second kappa shape index (κ2) is 15.2. The number of nitrogen functional groups attached to an aromatic ring is 2. The molecule has 14 heteroatoms. The molecule has 0 heterocycles. The van der Waals surface area contributed by atoms with E-state index in [2.05, 4.69) is 21.3 Å². The first-order valence-electron chi connectivity index (χ1n) is 12.5. The summed E-state index contributed by atoms with van der Waals surface area (Å²) in [5.74, 6) is 2.17. The Labute approximate surface area is 249 Å². The molecule has 0 saturated carbocycles. The maximum Gasteiger partial charge on any atom is 0.292 e. The van der Waals surface area contributed by atoms with Gasteiger partial charge < -0.3 is 42.2 Å². The molecule has 0 aliphatic rings. The quantitative estimate of drug-likeness (QED) is 0.0643. The first-order chi connectivity index (χ1) is 20.1. The van der Waals surface area contributed by atoms with Gasteiger partial charge >= 0.3 is 0 Å². The van der Waals surface area contributed by atoms with Crippen molar-refractivity contribution in [2.45, 2.75) is 7.43 Å². The van der Waals surface area contributed by atoms with Gasteiger partial charge in [-0.3, -0.25) is 20.2 Å². The minimum atomic E-state index is -0.499. The average Bonchev–Trinajstić information content (AvgIpc) is 2.98. The van der Waals surface area contributed by atoms with E-state index in [0.717, 1.165) is 11.4 Å². The molecular formula is C29H36N8O6. The van der Waals surface area contributed by atoms with Gasteiger partial charge in [0.05, 0.1) is 32.6 Å². The predicted molar refractivity (Wildman–Crippen MR) is 173 cm³/mol. The van der Waals surface area contributed by atoms with E-state index in [4.69, 9.17) is 20.9 Å². The summed E-state index contributed by atoms with van der Waals surface area (Å²) in [6, 6.07) is 19.5. The number of ether oxygens (including phenoxy) is 2. The average molecular weight is 593 g/mol. The summed E-state index contributed by atoms with van der Waals surface area (Å²) in [5, 5.41) is 33.3. The number of nitrogens with one attached hydrogen (secondary N) is 4. The molecule has 8 N–H and O–H groups in total. The van der Waals surface area contributed by atoms with E-state index in [9.17, 15) is 20.2 Å². The third-order valence-corrected chi connectivity index (χ3v) is 5.93. The number of nitro benzene ring substituents is 2. The van der Waals surface area contributed by atoms with Crippen LogP contribution in [0.4, 0.5) is 45.5 Å². The van der Waals surface area contributed by atoms with Gasteiger partial charge in [0, 0.05) is 64.6 Å². The second-order valence-corrected chi connectivity index (χ2v) is 8.57. The molecule has 4 aromatic carbocycles. The molecule has 4 rings (SSSR count). The van der Waals surface area contributed by atoms with Gasteiger partial charge in [0.2, 0.25) is 0 Å². The van der Waals surface area contributed by atoms with Gasteiger partial charge in [0.25, 0.3) is 11.4 Å². The topological polar surface area (TPSA) is 205 Å². The summed E-state index contributed by atoms with van der Waals surface area (Å²) >= 11 is 0. The van der Waals surface area contributed by atoms with Gasteiger partial charge in [-0.2, -0.15) is 0 Å². The highest BCUT2D eigenvalue weighted by Crippen LogP contribution is 2.34. The molecule has 0 amide bonds. The molecule has 0 spiro atoms. The zero-order chi connectivity index (χ0) is 30.8. The number of hydrogen-bond acceptors (Lipinski definition) is 12. The molecule has 228 valence electrons. The molecule has 0 unspecified atom stereocenters. The van der Waals surface area contributed by atoms with Crippen LogP contribution in [0.25, 0.3) is 0 Å². The van der Waals surface area contributed by atoms with Crippen molar-refractivity contribution in [1.29, 1.82) is 0 Å². The van der Waals surface area contributed by atoms with Gasteiger partial charge in [-0.05, 0) is 36.4 Å². The predicted octanol–water partition coefficient (Wildman–Crippen LogP) is 6.74. The van der Waals surface area contributed by atoms with Crippen LogP contribution >= 0.6 is 0 Å². The van der Waals surface area contributed by atoms with Crippen LogP contribution in [0.1, 0.15) is 7.43 Å². The van der Waals surface area contributed by atoms with Crippen LogP contribution in [-0.4, -0.2) is 38.0 Å². The molecule has 0 aliphatic heterocycles. The smallest absolute Gasteiger partial charge is 0.292 e. The summed E-state index contributed by atoms with van der Waals surface area (Å²) in [6.45, 7) is 0. The van der Waals surface area contributed by atoms with Crippen molar-refractivity contribution in [3.63, 3.8) is 0 Å². The first-order valence-corrected chi connectivity index (χ1v) is 12.5. The lowest BCUT2D eigenvalue weighted by Crippen LogP contribution is -1.98. The number of hydrogen-bond donors (Lipinski definition) is 6. The lowest BCUT2D eigenvalue weighted by molar-refractivity contribution is -0.384. The minimum absolute atomic E-state index is 0. The zero-order valence-electron chi connectivity index (χ0n) is 23.4. The number of benzene rings is 4. The van der Waals surface area contributed by atoms with E-state index in [0.29, 0.717) is 45.7 Å². The molecule has 0 aromatic heterocycles. The number of nitrogens with zero attached hydrogens (tertiary/aromatic N) is 2. The lowest BCUT2D eigenvalue weighted by Gasteiger charge is -2.11. The zero-order valence-corrected chi connectivity index (χ0v) is 23.4. The molecule has 4 aromatic rings.